The lowest BCUT2D eigenvalue weighted by atomic mass is 9.96. The molecule has 2 rings (SSSR count). The molecule has 0 atom stereocenters. The first kappa shape index (κ1) is 12.9. The highest BCUT2D eigenvalue weighted by molar-refractivity contribution is 7.91. The first-order chi connectivity index (χ1) is 8.01. The molecule has 7 heteroatoms. The summed E-state index contributed by atoms with van der Waals surface area (Å²) in [6.45, 7) is 1.76. The van der Waals surface area contributed by atoms with E-state index in [1.807, 2.05) is 0 Å². The molecule has 1 aromatic heterocycles. The molecule has 1 aliphatic rings. The fourth-order valence-corrected chi connectivity index (χ4v) is 4.69. The van der Waals surface area contributed by atoms with Crippen molar-refractivity contribution in [2.45, 2.75) is 49.4 Å². The van der Waals surface area contributed by atoms with Crippen LogP contribution in [0, 0.1) is 6.92 Å². The molecule has 0 spiro atoms. The molecule has 1 fully saturated rings. The van der Waals surface area contributed by atoms with Crippen LogP contribution in [0.5, 0.6) is 0 Å². The van der Waals surface area contributed by atoms with E-state index in [-0.39, 0.29) is 10.4 Å². The minimum Gasteiger partial charge on any atom is -0.204 e. The number of hydrogen-bond acceptors (Lipinski definition) is 5. The van der Waals surface area contributed by atoms with Gasteiger partial charge in [0.25, 0.3) is 10.0 Å². The highest BCUT2D eigenvalue weighted by Gasteiger charge is 2.31. The van der Waals surface area contributed by atoms with Crippen LogP contribution in [0.25, 0.3) is 0 Å². The van der Waals surface area contributed by atoms with Gasteiger partial charge in [-0.3, -0.25) is 0 Å². The van der Waals surface area contributed by atoms with Crippen LogP contribution in [0.3, 0.4) is 0 Å². The van der Waals surface area contributed by atoms with Gasteiger partial charge in [-0.2, -0.15) is 4.31 Å². The van der Waals surface area contributed by atoms with E-state index in [0.29, 0.717) is 5.01 Å². The summed E-state index contributed by atoms with van der Waals surface area (Å²) >= 11 is 1.14. The van der Waals surface area contributed by atoms with E-state index in [4.69, 9.17) is 0 Å². The molecule has 0 radical (unpaired) electrons. The van der Waals surface area contributed by atoms with E-state index >= 15 is 0 Å². The van der Waals surface area contributed by atoms with Gasteiger partial charge in [0.1, 0.15) is 5.01 Å². The maximum atomic E-state index is 12.3. The smallest absolute Gasteiger partial charge is 0.204 e. The summed E-state index contributed by atoms with van der Waals surface area (Å²) in [5.41, 5.74) is 0. The third kappa shape index (κ3) is 2.66. The quantitative estimate of drug-likeness (QED) is 0.844. The number of aromatic nitrogens is 2. The normalized spacial score (nSPS) is 18.8. The summed E-state index contributed by atoms with van der Waals surface area (Å²) in [5, 5.41) is 8.20. The van der Waals surface area contributed by atoms with Gasteiger partial charge in [0.05, 0.1) is 0 Å². The van der Waals surface area contributed by atoms with Gasteiger partial charge in [-0.05, 0) is 19.8 Å². The molecule has 0 saturated heterocycles. The second-order valence-corrected chi connectivity index (χ2v) is 7.75. The predicted octanol–water partition coefficient (Wildman–Crippen LogP) is 1.80. The summed E-state index contributed by atoms with van der Waals surface area (Å²) in [7, 11) is -1.78. The Kier molecular flexibility index (Phi) is 3.79. The van der Waals surface area contributed by atoms with Gasteiger partial charge in [-0.1, -0.05) is 30.6 Å². The molecule has 5 nitrogen and oxygen atoms in total. The summed E-state index contributed by atoms with van der Waals surface area (Å²) in [5.74, 6) is 0. The SMILES string of the molecule is Cc1nnc(S(=O)(=O)N(C)C2CCCCC2)s1. The fraction of sp³-hybridized carbons (Fsp3) is 0.800. The molecule has 96 valence electrons. The largest absolute Gasteiger partial charge is 0.272 e. The third-order valence-corrected chi connectivity index (χ3v) is 6.29. The van der Waals surface area contributed by atoms with E-state index in [0.717, 1.165) is 37.0 Å². The minimum atomic E-state index is -3.44. The zero-order chi connectivity index (χ0) is 12.5. The van der Waals surface area contributed by atoms with E-state index in [1.54, 1.807) is 14.0 Å². The third-order valence-electron chi connectivity index (χ3n) is 3.20. The number of nitrogens with zero attached hydrogens (tertiary/aromatic N) is 3. The molecular weight excluding hydrogens is 258 g/mol. The highest BCUT2D eigenvalue weighted by Crippen LogP contribution is 2.27. The molecule has 0 aliphatic heterocycles. The fourth-order valence-electron chi connectivity index (χ4n) is 2.15. The van der Waals surface area contributed by atoms with Crippen LogP contribution in [0.2, 0.25) is 0 Å². The predicted molar refractivity (Wildman–Crippen MR) is 66.5 cm³/mol. The molecule has 0 amide bonds. The summed E-state index contributed by atoms with van der Waals surface area (Å²) in [6.07, 6.45) is 5.34. The molecule has 0 aromatic carbocycles. The second kappa shape index (κ2) is 4.99. The lowest BCUT2D eigenvalue weighted by Crippen LogP contribution is -2.38. The van der Waals surface area contributed by atoms with E-state index in [2.05, 4.69) is 10.2 Å². The Balaban J connectivity index is 2.20. The maximum absolute atomic E-state index is 12.3. The Morgan fingerprint density at radius 3 is 2.41 bits per heavy atom. The molecule has 1 heterocycles. The van der Waals surface area contributed by atoms with Gasteiger partial charge >= 0.3 is 0 Å². The minimum absolute atomic E-state index is 0.114. The van der Waals surface area contributed by atoms with Crippen LogP contribution >= 0.6 is 11.3 Å². The van der Waals surface area contributed by atoms with Crippen molar-refractivity contribution in [3.8, 4) is 0 Å². The Morgan fingerprint density at radius 1 is 1.24 bits per heavy atom. The number of sulfonamides is 1. The lowest BCUT2D eigenvalue weighted by molar-refractivity contribution is 0.285. The van der Waals surface area contributed by atoms with Gasteiger partial charge in [0.15, 0.2) is 0 Å². The average Bonchev–Trinajstić information content (AvgIpc) is 2.77. The molecule has 0 unspecified atom stereocenters. The summed E-state index contributed by atoms with van der Waals surface area (Å²) in [6, 6.07) is 0.123. The van der Waals surface area contributed by atoms with Crippen LogP contribution in [-0.2, 0) is 10.0 Å². The Morgan fingerprint density at radius 2 is 1.88 bits per heavy atom. The molecule has 1 aliphatic carbocycles. The van der Waals surface area contributed by atoms with Crippen molar-refractivity contribution < 1.29 is 8.42 Å². The van der Waals surface area contributed by atoms with Crippen molar-refractivity contribution in [3.05, 3.63) is 5.01 Å². The zero-order valence-electron chi connectivity index (χ0n) is 10.1. The number of rotatable bonds is 3. The second-order valence-electron chi connectivity index (χ2n) is 4.40. The van der Waals surface area contributed by atoms with Crippen molar-refractivity contribution in [1.29, 1.82) is 0 Å². The van der Waals surface area contributed by atoms with Gasteiger partial charge < -0.3 is 0 Å². The van der Waals surface area contributed by atoms with E-state index < -0.39 is 10.0 Å². The van der Waals surface area contributed by atoms with Crippen molar-refractivity contribution >= 4 is 21.4 Å². The Bertz CT molecular complexity index is 477. The van der Waals surface area contributed by atoms with Crippen LogP contribution < -0.4 is 0 Å². The molecule has 0 bridgehead atoms. The molecular formula is C10H17N3O2S2. The van der Waals surface area contributed by atoms with Crippen molar-refractivity contribution in [2.24, 2.45) is 0 Å². The molecule has 1 saturated carbocycles. The van der Waals surface area contributed by atoms with E-state index in [1.165, 1.54) is 10.7 Å². The topological polar surface area (TPSA) is 63.2 Å². The van der Waals surface area contributed by atoms with E-state index in [9.17, 15) is 8.42 Å². The number of hydrogen-bond donors (Lipinski definition) is 0. The lowest BCUT2D eigenvalue weighted by Gasteiger charge is -2.29. The number of aryl methyl sites for hydroxylation is 1. The molecule has 1 aromatic rings. The molecule has 17 heavy (non-hydrogen) atoms. The monoisotopic (exact) mass is 275 g/mol. The van der Waals surface area contributed by atoms with Gasteiger partial charge in [0, 0.05) is 13.1 Å². The van der Waals surface area contributed by atoms with Crippen molar-refractivity contribution in [2.75, 3.05) is 7.05 Å². The highest BCUT2D eigenvalue weighted by atomic mass is 32.2. The van der Waals surface area contributed by atoms with Crippen LogP contribution in [0.15, 0.2) is 4.34 Å². The van der Waals surface area contributed by atoms with Crippen molar-refractivity contribution in [1.82, 2.24) is 14.5 Å². The zero-order valence-corrected chi connectivity index (χ0v) is 11.7. The Hall–Kier alpha value is -0.530. The van der Waals surface area contributed by atoms with Gasteiger partial charge in [-0.15, -0.1) is 10.2 Å². The standard InChI is InChI=1S/C10H17N3O2S2/c1-8-11-12-10(16-8)17(14,15)13(2)9-6-4-3-5-7-9/h9H,3-7H2,1-2H3. The van der Waals surface area contributed by atoms with Gasteiger partial charge in [0.2, 0.25) is 4.34 Å². The van der Waals surface area contributed by atoms with Crippen molar-refractivity contribution in [3.63, 3.8) is 0 Å². The first-order valence-electron chi connectivity index (χ1n) is 5.80. The van der Waals surface area contributed by atoms with Crippen LogP contribution in [-0.4, -0.2) is 36.0 Å². The van der Waals surface area contributed by atoms with Crippen LogP contribution in [0.1, 0.15) is 37.1 Å². The summed E-state index contributed by atoms with van der Waals surface area (Å²) < 4.78 is 26.1. The van der Waals surface area contributed by atoms with Crippen LogP contribution in [0.4, 0.5) is 0 Å². The Labute approximate surface area is 106 Å². The van der Waals surface area contributed by atoms with Gasteiger partial charge in [-0.25, -0.2) is 8.42 Å². The maximum Gasteiger partial charge on any atom is 0.272 e. The average molecular weight is 275 g/mol. The first-order valence-corrected chi connectivity index (χ1v) is 8.05. The summed E-state index contributed by atoms with van der Waals surface area (Å²) in [4.78, 5) is 0. The molecule has 0 N–H and O–H groups in total.